The van der Waals surface area contributed by atoms with Crippen molar-refractivity contribution in [3.05, 3.63) is 53.3 Å². The summed E-state index contributed by atoms with van der Waals surface area (Å²) < 4.78 is 25.2. The number of nitrogens with one attached hydrogen (secondary N) is 1. The van der Waals surface area contributed by atoms with Crippen molar-refractivity contribution in [2.24, 2.45) is 5.92 Å². The van der Waals surface area contributed by atoms with Gasteiger partial charge in [-0.15, -0.1) is 0 Å². The first-order valence-electron chi connectivity index (χ1n) is 8.30. The highest BCUT2D eigenvalue weighted by Gasteiger charge is 2.31. The van der Waals surface area contributed by atoms with Crippen molar-refractivity contribution in [1.29, 1.82) is 0 Å². The van der Waals surface area contributed by atoms with Crippen LogP contribution in [0.3, 0.4) is 0 Å². The normalized spacial score (nSPS) is 17.0. The molecule has 0 saturated heterocycles. The number of amides is 1. The largest absolute Gasteiger partial charge is 0.486 e. The lowest BCUT2D eigenvalue weighted by Crippen LogP contribution is -2.19. The summed E-state index contributed by atoms with van der Waals surface area (Å²) in [6.07, 6.45) is 0.495. The molecule has 6 heteroatoms. The molecule has 130 valence electrons. The molecule has 5 nitrogen and oxygen atoms in total. The van der Waals surface area contributed by atoms with Crippen LogP contribution in [0.5, 0.6) is 11.5 Å². The van der Waals surface area contributed by atoms with Crippen molar-refractivity contribution in [2.45, 2.75) is 18.9 Å². The van der Waals surface area contributed by atoms with Crippen molar-refractivity contribution in [3.8, 4) is 11.5 Å². The van der Waals surface area contributed by atoms with E-state index < -0.39 is 11.9 Å². The second kappa shape index (κ2) is 6.37. The lowest BCUT2D eigenvalue weighted by atomic mass is 9.98. The molecule has 0 aromatic heterocycles. The number of anilines is 1. The van der Waals surface area contributed by atoms with Gasteiger partial charge in [0.2, 0.25) is 5.91 Å². The van der Waals surface area contributed by atoms with Crippen molar-refractivity contribution in [1.82, 2.24) is 0 Å². The summed E-state index contributed by atoms with van der Waals surface area (Å²) in [7, 11) is 0. The van der Waals surface area contributed by atoms with Gasteiger partial charge < -0.3 is 19.9 Å². The molecule has 0 spiro atoms. The SMILES string of the molecule is O=C(Nc1cc2c(cc1C(O)c1ccccc1F)OCCO2)C1CC1. The van der Waals surface area contributed by atoms with E-state index in [4.69, 9.17) is 9.47 Å². The van der Waals surface area contributed by atoms with Gasteiger partial charge in [0.1, 0.15) is 25.1 Å². The lowest BCUT2D eigenvalue weighted by molar-refractivity contribution is -0.117. The summed E-state index contributed by atoms with van der Waals surface area (Å²) in [6.45, 7) is 0.814. The molecule has 2 aromatic rings. The summed E-state index contributed by atoms with van der Waals surface area (Å²) in [5.74, 6) is 0.373. The van der Waals surface area contributed by atoms with Crippen molar-refractivity contribution < 1.29 is 23.8 Å². The third-order valence-corrected chi connectivity index (χ3v) is 4.41. The summed E-state index contributed by atoms with van der Waals surface area (Å²) in [4.78, 5) is 12.2. The Morgan fingerprint density at radius 3 is 2.48 bits per heavy atom. The highest BCUT2D eigenvalue weighted by atomic mass is 19.1. The fraction of sp³-hybridized carbons (Fsp3) is 0.316. The molecule has 2 aromatic carbocycles. The van der Waals surface area contributed by atoms with E-state index in [0.717, 1.165) is 12.8 Å². The molecule has 1 unspecified atom stereocenters. The second-order valence-corrected chi connectivity index (χ2v) is 6.27. The molecule has 0 bridgehead atoms. The highest BCUT2D eigenvalue weighted by molar-refractivity contribution is 5.95. The Hall–Kier alpha value is -2.60. The van der Waals surface area contributed by atoms with Gasteiger partial charge in [-0.1, -0.05) is 18.2 Å². The van der Waals surface area contributed by atoms with Crippen molar-refractivity contribution in [2.75, 3.05) is 18.5 Å². The van der Waals surface area contributed by atoms with E-state index >= 15 is 0 Å². The van der Waals surface area contributed by atoms with E-state index in [2.05, 4.69) is 5.32 Å². The lowest BCUT2D eigenvalue weighted by Gasteiger charge is -2.23. The topological polar surface area (TPSA) is 67.8 Å². The average Bonchev–Trinajstić information content (AvgIpc) is 3.46. The number of carbonyl (C=O) groups excluding carboxylic acids is 1. The number of halogens is 1. The van der Waals surface area contributed by atoms with E-state index in [1.54, 1.807) is 24.3 Å². The van der Waals surface area contributed by atoms with E-state index in [-0.39, 0.29) is 17.4 Å². The van der Waals surface area contributed by atoms with Crippen LogP contribution in [0, 0.1) is 11.7 Å². The van der Waals surface area contributed by atoms with E-state index in [9.17, 15) is 14.3 Å². The molecular weight excluding hydrogens is 325 g/mol. The Labute approximate surface area is 144 Å². The van der Waals surface area contributed by atoms with Gasteiger partial charge in [0.15, 0.2) is 11.5 Å². The van der Waals surface area contributed by atoms with Gasteiger partial charge in [-0.3, -0.25) is 4.79 Å². The zero-order valence-corrected chi connectivity index (χ0v) is 13.5. The summed E-state index contributed by atoms with van der Waals surface area (Å²) in [6, 6.07) is 9.26. The molecule has 1 aliphatic heterocycles. The maximum Gasteiger partial charge on any atom is 0.227 e. The van der Waals surface area contributed by atoms with Gasteiger partial charge in [0.25, 0.3) is 0 Å². The minimum absolute atomic E-state index is 0.00616. The highest BCUT2D eigenvalue weighted by Crippen LogP contribution is 2.41. The minimum atomic E-state index is -1.23. The molecule has 1 atom stereocenters. The average molecular weight is 343 g/mol. The van der Waals surface area contributed by atoms with Gasteiger partial charge in [-0.05, 0) is 25.0 Å². The molecule has 25 heavy (non-hydrogen) atoms. The van der Waals surface area contributed by atoms with Gasteiger partial charge in [-0.2, -0.15) is 0 Å². The van der Waals surface area contributed by atoms with E-state index in [0.29, 0.717) is 36.0 Å². The molecule has 2 aliphatic rings. The van der Waals surface area contributed by atoms with Crippen LogP contribution < -0.4 is 14.8 Å². The van der Waals surface area contributed by atoms with Crippen LogP contribution in [0.15, 0.2) is 36.4 Å². The number of rotatable bonds is 4. The summed E-state index contributed by atoms with van der Waals surface area (Å²) in [5, 5.41) is 13.6. The number of ether oxygens (including phenoxy) is 2. The first-order chi connectivity index (χ1) is 12.1. The van der Waals surface area contributed by atoms with Crippen LogP contribution in [-0.4, -0.2) is 24.2 Å². The zero-order valence-electron chi connectivity index (χ0n) is 13.5. The number of aliphatic hydroxyl groups excluding tert-OH is 1. The molecule has 0 radical (unpaired) electrons. The predicted molar refractivity (Wildman–Crippen MR) is 89.2 cm³/mol. The zero-order chi connectivity index (χ0) is 17.4. The Morgan fingerprint density at radius 2 is 1.80 bits per heavy atom. The molecule has 4 rings (SSSR count). The molecule has 1 amide bonds. The summed E-state index contributed by atoms with van der Waals surface area (Å²) in [5.41, 5.74) is 0.932. The number of hydrogen-bond donors (Lipinski definition) is 2. The Bertz CT molecular complexity index is 819. The molecule has 1 heterocycles. The smallest absolute Gasteiger partial charge is 0.227 e. The third kappa shape index (κ3) is 3.17. The Kier molecular flexibility index (Phi) is 4.05. The molecule has 1 fully saturated rings. The number of benzene rings is 2. The van der Waals surface area contributed by atoms with Gasteiger partial charge >= 0.3 is 0 Å². The van der Waals surface area contributed by atoms with Crippen LogP contribution >= 0.6 is 0 Å². The molecule has 1 saturated carbocycles. The molecular formula is C19H18FNO4. The van der Waals surface area contributed by atoms with Crippen LogP contribution in [0.1, 0.15) is 30.1 Å². The first kappa shape index (κ1) is 15.9. The fourth-order valence-electron chi connectivity index (χ4n) is 2.88. The van der Waals surface area contributed by atoms with Crippen molar-refractivity contribution >= 4 is 11.6 Å². The molecule has 1 aliphatic carbocycles. The number of aliphatic hydroxyl groups is 1. The van der Waals surface area contributed by atoms with Gasteiger partial charge in [-0.25, -0.2) is 4.39 Å². The first-order valence-corrected chi connectivity index (χ1v) is 8.30. The van der Waals surface area contributed by atoms with Crippen LogP contribution in [-0.2, 0) is 4.79 Å². The maximum atomic E-state index is 14.1. The Morgan fingerprint density at radius 1 is 1.12 bits per heavy atom. The molecule has 2 N–H and O–H groups in total. The fourth-order valence-corrected chi connectivity index (χ4v) is 2.88. The van der Waals surface area contributed by atoms with Crippen LogP contribution in [0.25, 0.3) is 0 Å². The quantitative estimate of drug-likeness (QED) is 0.895. The van der Waals surface area contributed by atoms with Crippen molar-refractivity contribution in [3.63, 3.8) is 0 Å². The monoisotopic (exact) mass is 343 g/mol. The predicted octanol–water partition coefficient (Wildman–Crippen LogP) is 3.03. The second-order valence-electron chi connectivity index (χ2n) is 6.27. The van der Waals surface area contributed by atoms with E-state index in [1.807, 2.05) is 0 Å². The number of carbonyl (C=O) groups is 1. The van der Waals surface area contributed by atoms with Gasteiger partial charge in [0.05, 0.1) is 5.69 Å². The maximum absolute atomic E-state index is 14.1. The van der Waals surface area contributed by atoms with Crippen LogP contribution in [0.4, 0.5) is 10.1 Å². The number of hydrogen-bond acceptors (Lipinski definition) is 4. The van der Waals surface area contributed by atoms with E-state index in [1.165, 1.54) is 12.1 Å². The van der Waals surface area contributed by atoms with Crippen LogP contribution in [0.2, 0.25) is 0 Å². The number of fused-ring (bicyclic) bond motifs is 1. The minimum Gasteiger partial charge on any atom is -0.486 e. The Balaban J connectivity index is 1.75. The standard InChI is InChI=1S/C19H18FNO4/c20-14-4-2-1-3-12(14)18(22)13-9-16-17(25-8-7-24-16)10-15(13)21-19(23)11-5-6-11/h1-4,9-11,18,22H,5-8H2,(H,21,23). The van der Waals surface area contributed by atoms with Gasteiger partial charge in [0, 0.05) is 23.1 Å². The summed E-state index contributed by atoms with van der Waals surface area (Å²) >= 11 is 0. The third-order valence-electron chi connectivity index (χ3n) is 4.41.